The van der Waals surface area contributed by atoms with Gasteiger partial charge < -0.3 is 15.4 Å². The van der Waals surface area contributed by atoms with Gasteiger partial charge in [-0.1, -0.05) is 30.4 Å². The number of cyclic esters (lactones) is 1. The minimum atomic E-state index is -0.997. The molecule has 40 heavy (non-hydrogen) atoms. The number of esters is 1. The van der Waals surface area contributed by atoms with E-state index in [1.807, 2.05) is 43.3 Å². The van der Waals surface area contributed by atoms with Gasteiger partial charge in [-0.05, 0) is 71.1 Å². The Hall–Kier alpha value is -3.79. The lowest BCUT2D eigenvalue weighted by Gasteiger charge is -2.35. The predicted octanol–water partition coefficient (Wildman–Crippen LogP) is 2.79. The van der Waals surface area contributed by atoms with E-state index in [1.165, 1.54) is 5.01 Å². The van der Waals surface area contributed by atoms with Crippen LogP contribution >= 0.6 is 0 Å². The van der Waals surface area contributed by atoms with Gasteiger partial charge >= 0.3 is 5.97 Å². The maximum Gasteiger partial charge on any atom is 0.316 e. The number of hydrazine groups is 1. The zero-order valence-electron chi connectivity index (χ0n) is 23.4. The van der Waals surface area contributed by atoms with Gasteiger partial charge in [-0.2, -0.15) is 0 Å². The molecule has 2 aromatic rings. The molecule has 5 bridgehead atoms. The minimum absolute atomic E-state index is 0.0726. The molecule has 0 radical (unpaired) electrons. The monoisotopic (exact) mass is 547 g/mol. The number of nitrogens with one attached hydrogen (secondary N) is 3. The van der Waals surface area contributed by atoms with Gasteiger partial charge in [-0.25, -0.2) is 5.43 Å². The second-order valence-corrected chi connectivity index (χ2v) is 11.7. The van der Waals surface area contributed by atoms with Gasteiger partial charge in [0.2, 0.25) is 5.91 Å². The number of hydrogen-bond donors (Lipinski definition) is 3. The second kappa shape index (κ2) is 11.0. The molecule has 3 N–H and O–H groups in total. The third-order valence-corrected chi connectivity index (χ3v) is 7.80. The summed E-state index contributed by atoms with van der Waals surface area (Å²) in [6.45, 7) is 7.37. The van der Waals surface area contributed by atoms with Crippen molar-refractivity contribution in [1.82, 2.24) is 26.1 Å². The Morgan fingerprint density at radius 1 is 0.950 bits per heavy atom. The first-order valence-corrected chi connectivity index (χ1v) is 14.0. The molecule has 2 fully saturated rings. The molecule has 1 saturated carbocycles. The number of carbonyl (C=O) groups is 4. The Balaban J connectivity index is 1.48. The molecule has 4 atom stereocenters. The molecule has 212 valence electrons. The maximum atomic E-state index is 13.2. The van der Waals surface area contributed by atoms with Gasteiger partial charge in [0.05, 0.1) is 22.7 Å². The highest BCUT2D eigenvalue weighted by Gasteiger charge is 2.42. The molecule has 3 amide bonds. The average molecular weight is 548 g/mol. The number of hydrogen-bond acceptors (Lipinski definition) is 7. The molecule has 2 aliphatic heterocycles. The van der Waals surface area contributed by atoms with Crippen molar-refractivity contribution in [1.29, 1.82) is 0 Å². The Morgan fingerprint density at radius 2 is 1.68 bits per heavy atom. The molecule has 0 unspecified atom stereocenters. The number of carbonyl (C=O) groups excluding carboxylic acids is 4. The highest BCUT2D eigenvalue weighted by molar-refractivity contribution is 5.92. The molecule has 5 rings (SSSR count). The summed E-state index contributed by atoms with van der Waals surface area (Å²) in [4.78, 5) is 57.6. The van der Waals surface area contributed by atoms with Crippen molar-refractivity contribution in [3.05, 3.63) is 47.7 Å². The lowest BCUT2D eigenvalue weighted by atomic mass is 9.92. The first-order chi connectivity index (χ1) is 19.0. The molecule has 3 aliphatic rings. The van der Waals surface area contributed by atoms with Crippen molar-refractivity contribution in [3.63, 3.8) is 0 Å². The lowest BCUT2D eigenvalue weighted by molar-refractivity contribution is -0.164. The van der Waals surface area contributed by atoms with E-state index in [0.29, 0.717) is 25.1 Å². The Bertz CT molecular complexity index is 1370. The molecule has 0 spiro atoms. The quantitative estimate of drug-likeness (QED) is 0.468. The maximum absolute atomic E-state index is 13.2. The molecule has 1 aromatic carbocycles. The lowest BCUT2D eigenvalue weighted by Crippen LogP contribution is -2.61. The third-order valence-electron chi connectivity index (χ3n) is 7.80. The van der Waals surface area contributed by atoms with Crippen molar-refractivity contribution in [2.45, 2.75) is 77.6 Å². The Kier molecular flexibility index (Phi) is 7.63. The van der Waals surface area contributed by atoms with Crippen molar-refractivity contribution in [2.24, 2.45) is 11.3 Å². The molecule has 1 aromatic heterocycles. The largest absolute Gasteiger partial charge is 0.451 e. The summed E-state index contributed by atoms with van der Waals surface area (Å²) in [5.74, 6) is -1.66. The van der Waals surface area contributed by atoms with Crippen molar-refractivity contribution < 1.29 is 23.9 Å². The van der Waals surface area contributed by atoms with E-state index in [-0.39, 0.29) is 23.8 Å². The average Bonchev–Trinajstić information content (AvgIpc) is 3.78. The normalized spacial score (nSPS) is 28.9. The van der Waals surface area contributed by atoms with Crippen LogP contribution in [0.4, 0.5) is 0 Å². The summed E-state index contributed by atoms with van der Waals surface area (Å²) in [6, 6.07) is 7.87. The Labute approximate surface area is 233 Å². The summed E-state index contributed by atoms with van der Waals surface area (Å²) in [5.41, 5.74) is 4.37. The number of nitrogens with zero attached hydrogens (tertiary/aromatic N) is 2. The van der Waals surface area contributed by atoms with Gasteiger partial charge in [0.25, 0.3) is 11.8 Å². The number of rotatable bonds is 1. The molecule has 3 heterocycles. The molecular weight excluding hydrogens is 510 g/mol. The summed E-state index contributed by atoms with van der Waals surface area (Å²) in [5, 5.41) is 8.10. The predicted molar refractivity (Wildman–Crippen MR) is 149 cm³/mol. The van der Waals surface area contributed by atoms with Crippen LogP contribution in [0.15, 0.2) is 36.4 Å². The highest BCUT2D eigenvalue weighted by atomic mass is 16.6. The zero-order chi connectivity index (χ0) is 28.6. The van der Waals surface area contributed by atoms with Crippen LogP contribution in [0.5, 0.6) is 0 Å². The van der Waals surface area contributed by atoms with E-state index in [1.54, 1.807) is 26.8 Å². The van der Waals surface area contributed by atoms with Gasteiger partial charge in [0.15, 0.2) is 6.10 Å². The van der Waals surface area contributed by atoms with Crippen LogP contribution in [-0.4, -0.2) is 58.4 Å². The van der Waals surface area contributed by atoms with Gasteiger partial charge in [0, 0.05) is 17.8 Å². The molecule has 10 nitrogen and oxygen atoms in total. The van der Waals surface area contributed by atoms with Crippen LogP contribution in [0.3, 0.4) is 0 Å². The van der Waals surface area contributed by atoms with Crippen molar-refractivity contribution >= 4 is 40.7 Å². The standard InChI is InChI=1S/C30H37N5O5/c1-17-22-12-11-20-8-7-19(16-24(20)33-22)13-14-30(3,4)29(39)40-25(21-9-10-21)27(37)32-18(2)28(38)35-15-5-6-23(34-35)26(36)31-17/h7-8,11-14,16-18,21,23,25,34H,5-6,9-10,15H2,1-4H3,(H,31,36)(H,32,37)/b14-13+/t17-,18+,23+,25+/m1/s1. The number of pyridine rings is 1. The summed E-state index contributed by atoms with van der Waals surface area (Å²) in [7, 11) is 0. The van der Waals surface area contributed by atoms with Gasteiger partial charge in [0.1, 0.15) is 12.1 Å². The van der Waals surface area contributed by atoms with Crippen LogP contribution in [-0.2, 0) is 23.9 Å². The first-order valence-electron chi connectivity index (χ1n) is 14.0. The van der Waals surface area contributed by atoms with Crippen molar-refractivity contribution in [2.75, 3.05) is 6.54 Å². The number of amides is 3. The van der Waals surface area contributed by atoms with E-state index in [9.17, 15) is 19.2 Å². The SMILES string of the molecule is C[C@@H]1NC(=O)[C@H](C2CC2)OC(=O)C(C)(C)/C=C/c2ccc3ccc(nc3c2)[C@@H](C)NC(=O)[C@@H]2CCCN(N2)C1=O. The fraction of sp³-hybridized carbons (Fsp3) is 0.500. The van der Waals surface area contributed by atoms with E-state index in [0.717, 1.165) is 29.3 Å². The topological polar surface area (TPSA) is 130 Å². The zero-order valence-corrected chi connectivity index (χ0v) is 23.4. The molecular formula is C30H37N5O5. The number of fused-ring (bicyclic) bond motifs is 4. The number of aromatic nitrogens is 1. The van der Waals surface area contributed by atoms with E-state index >= 15 is 0 Å². The van der Waals surface area contributed by atoms with Crippen LogP contribution in [0.25, 0.3) is 17.0 Å². The van der Waals surface area contributed by atoms with E-state index < -0.39 is 35.5 Å². The number of ether oxygens (including phenoxy) is 1. The highest BCUT2D eigenvalue weighted by Crippen LogP contribution is 2.36. The summed E-state index contributed by atoms with van der Waals surface area (Å²) in [6.07, 6.45) is 5.39. The van der Waals surface area contributed by atoms with Gasteiger partial charge in [-0.3, -0.25) is 29.2 Å². The third kappa shape index (κ3) is 6.01. The smallest absolute Gasteiger partial charge is 0.316 e. The fourth-order valence-corrected chi connectivity index (χ4v) is 5.01. The van der Waals surface area contributed by atoms with E-state index in [4.69, 9.17) is 9.72 Å². The summed E-state index contributed by atoms with van der Waals surface area (Å²) >= 11 is 0. The fourth-order valence-electron chi connectivity index (χ4n) is 5.01. The Morgan fingerprint density at radius 3 is 2.42 bits per heavy atom. The van der Waals surface area contributed by atoms with Crippen LogP contribution in [0.2, 0.25) is 0 Å². The second-order valence-electron chi connectivity index (χ2n) is 11.7. The molecule has 1 saturated heterocycles. The van der Waals surface area contributed by atoms with Crippen LogP contribution < -0.4 is 16.1 Å². The summed E-state index contributed by atoms with van der Waals surface area (Å²) < 4.78 is 5.76. The molecule has 1 aliphatic carbocycles. The van der Waals surface area contributed by atoms with Crippen LogP contribution in [0, 0.1) is 11.3 Å². The van der Waals surface area contributed by atoms with Crippen LogP contribution in [0.1, 0.15) is 70.7 Å². The number of benzene rings is 1. The first kappa shape index (κ1) is 27.8. The minimum Gasteiger partial charge on any atom is -0.451 e. The van der Waals surface area contributed by atoms with Gasteiger partial charge in [-0.15, -0.1) is 0 Å². The van der Waals surface area contributed by atoms with E-state index in [2.05, 4.69) is 16.1 Å². The molecule has 10 heteroatoms. The van der Waals surface area contributed by atoms with Crippen molar-refractivity contribution in [3.8, 4) is 0 Å².